The smallest absolute Gasteiger partial charge is 0.196 e. The monoisotopic (exact) mass is 533 g/mol. The van der Waals surface area contributed by atoms with E-state index in [2.05, 4.69) is 24.8 Å². The molecule has 0 amide bonds. The highest BCUT2D eigenvalue weighted by Crippen LogP contribution is 2.33. The maximum atomic E-state index is 14.0. The van der Waals surface area contributed by atoms with Crippen molar-refractivity contribution in [3.8, 4) is 0 Å². The molecule has 1 aliphatic heterocycles. The number of aromatic nitrogens is 5. The first-order chi connectivity index (χ1) is 18.2. The zero-order chi connectivity index (χ0) is 27.1. The number of aliphatic hydroxyl groups is 2. The molecule has 3 aromatic heterocycles. The molecule has 0 bridgehead atoms. The number of imidazole rings is 2. The van der Waals surface area contributed by atoms with Crippen LogP contribution in [-0.4, -0.2) is 77.1 Å². The van der Waals surface area contributed by atoms with Crippen LogP contribution >= 0.6 is 0 Å². The molecular formula is C25H30F3N7O3. The zero-order valence-corrected chi connectivity index (χ0v) is 21.0. The number of nitrogens with zero attached hydrogens (tertiary/aromatic N) is 5. The van der Waals surface area contributed by atoms with Gasteiger partial charge in [0.05, 0.1) is 17.5 Å². The van der Waals surface area contributed by atoms with Gasteiger partial charge in [-0.1, -0.05) is 0 Å². The number of pyridine rings is 1. The van der Waals surface area contributed by atoms with E-state index in [1.54, 1.807) is 16.8 Å². The number of nitrogens with one attached hydrogen (secondary N) is 1. The third-order valence-corrected chi connectivity index (χ3v) is 7.02. The van der Waals surface area contributed by atoms with Crippen molar-refractivity contribution in [2.45, 2.75) is 63.7 Å². The Hall–Kier alpha value is -3.26. The molecule has 1 saturated heterocycles. The molecule has 10 nitrogen and oxygen atoms in total. The summed E-state index contributed by atoms with van der Waals surface area (Å²) in [6.07, 6.45) is 1.10. The van der Waals surface area contributed by atoms with Crippen LogP contribution < -0.4 is 5.73 Å². The van der Waals surface area contributed by atoms with Gasteiger partial charge in [0.25, 0.3) is 0 Å². The number of anilines is 1. The Morgan fingerprint density at radius 3 is 2.68 bits per heavy atom. The van der Waals surface area contributed by atoms with Crippen LogP contribution in [0.4, 0.5) is 18.9 Å². The summed E-state index contributed by atoms with van der Waals surface area (Å²) in [5.74, 6) is -3.65. The minimum atomic E-state index is -1.53. The molecule has 204 valence electrons. The van der Waals surface area contributed by atoms with Crippen molar-refractivity contribution < 1.29 is 28.1 Å². The van der Waals surface area contributed by atoms with Gasteiger partial charge in [0, 0.05) is 31.3 Å². The molecule has 0 saturated carbocycles. The predicted octanol–water partition coefficient (Wildman–Crippen LogP) is 2.66. The fourth-order valence-electron chi connectivity index (χ4n) is 4.87. The highest BCUT2D eigenvalue weighted by atomic mass is 19.2. The summed E-state index contributed by atoms with van der Waals surface area (Å²) in [5, 5.41) is 21.5. The van der Waals surface area contributed by atoms with E-state index in [9.17, 15) is 23.4 Å². The van der Waals surface area contributed by atoms with Gasteiger partial charge in [-0.3, -0.25) is 9.47 Å². The van der Waals surface area contributed by atoms with E-state index in [1.165, 1.54) is 6.33 Å². The summed E-state index contributed by atoms with van der Waals surface area (Å²) in [6.45, 7) is 5.09. The number of benzene rings is 1. The fourth-order valence-corrected chi connectivity index (χ4v) is 4.87. The van der Waals surface area contributed by atoms with Crippen LogP contribution in [-0.2, 0) is 11.2 Å². The Labute approximate surface area is 216 Å². The summed E-state index contributed by atoms with van der Waals surface area (Å²) in [7, 11) is 0. The van der Waals surface area contributed by atoms with Crippen molar-refractivity contribution in [3.05, 3.63) is 47.9 Å². The van der Waals surface area contributed by atoms with Gasteiger partial charge >= 0.3 is 0 Å². The molecule has 1 aliphatic rings. The molecule has 1 fully saturated rings. The number of aromatic amines is 1. The second-order valence-corrected chi connectivity index (χ2v) is 9.88. The maximum absolute atomic E-state index is 14.0. The lowest BCUT2D eigenvalue weighted by Gasteiger charge is -2.30. The van der Waals surface area contributed by atoms with Crippen LogP contribution in [0.3, 0.4) is 0 Å². The lowest BCUT2D eigenvalue weighted by Crippen LogP contribution is -2.43. The number of hydrogen-bond donors (Lipinski definition) is 4. The Morgan fingerprint density at radius 1 is 1.13 bits per heavy atom. The molecule has 5 N–H and O–H groups in total. The Bertz CT molecular complexity index is 1440. The number of aryl methyl sites for hydroxylation is 1. The fraction of sp³-hybridized carbons (Fsp3) is 0.480. The van der Waals surface area contributed by atoms with E-state index in [0.29, 0.717) is 48.6 Å². The second kappa shape index (κ2) is 10.5. The first-order valence-corrected chi connectivity index (χ1v) is 12.5. The molecule has 0 unspecified atom stereocenters. The SMILES string of the molecule is CC(C)N(CCCCc1nc2c(F)c(F)c(F)cc2[nH]1)C[C@H]1O[C@@H](n2cnc3c(N)ccnc32)[C@H](O)[C@@H]1O. The van der Waals surface area contributed by atoms with Gasteiger partial charge in [-0.25, -0.2) is 28.1 Å². The average molecular weight is 534 g/mol. The van der Waals surface area contributed by atoms with Gasteiger partial charge in [-0.05, 0) is 39.3 Å². The molecule has 38 heavy (non-hydrogen) atoms. The Balaban J connectivity index is 1.20. The van der Waals surface area contributed by atoms with Crippen LogP contribution in [0.5, 0.6) is 0 Å². The molecule has 5 rings (SSSR count). The number of H-pyrrole nitrogens is 1. The van der Waals surface area contributed by atoms with E-state index < -0.39 is 42.0 Å². The van der Waals surface area contributed by atoms with Crippen molar-refractivity contribution >= 4 is 27.9 Å². The summed E-state index contributed by atoms with van der Waals surface area (Å²) < 4.78 is 48.6. The molecule has 0 radical (unpaired) electrons. The van der Waals surface area contributed by atoms with Crippen LogP contribution in [0.15, 0.2) is 24.7 Å². The summed E-state index contributed by atoms with van der Waals surface area (Å²) in [6, 6.07) is 2.66. The third-order valence-electron chi connectivity index (χ3n) is 7.02. The van der Waals surface area contributed by atoms with E-state index >= 15 is 0 Å². The number of rotatable bonds is 9. The molecule has 0 aliphatic carbocycles. The molecule has 1 aromatic carbocycles. The normalized spacial score (nSPS) is 22.0. The zero-order valence-electron chi connectivity index (χ0n) is 21.0. The van der Waals surface area contributed by atoms with E-state index in [4.69, 9.17) is 10.5 Å². The van der Waals surface area contributed by atoms with Gasteiger partial charge in [0.1, 0.15) is 35.2 Å². The van der Waals surface area contributed by atoms with Crippen LogP contribution in [0.25, 0.3) is 22.2 Å². The number of halogens is 3. The van der Waals surface area contributed by atoms with E-state index in [1.807, 2.05) is 13.8 Å². The minimum Gasteiger partial charge on any atom is -0.397 e. The lowest BCUT2D eigenvalue weighted by molar-refractivity contribution is -0.0469. The number of ether oxygens (including phenoxy) is 1. The number of fused-ring (bicyclic) bond motifs is 2. The number of aliphatic hydroxyl groups excluding tert-OH is 2. The predicted molar refractivity (Wildman–Crippen MR) is 133 cm³/mol. The molecule has 4 heterocycles. The van der Waals surface area contributed by atoms with Gasteiger partial charge in [0.2, 0.25) is 0 Å². The van der Waals surface area contributed by atoms with Crippen LogP contribution in [0.1, 0.15) is 38.7 Å². The average Bonchev–Trinajstić information content (AvgIpc) is 3.57. The Morgan fingerprint density at radius 2 is 1.92 bits per heavy atom. The van der Waals surface area contributed by atoms with Crippen molar-refractivity contribution in [2.75, 3.05) is 18.8 Å². The lowest BCUT2D eigenvalue weighted by atomic mass is 10.1. The quantitative estimate of drug-likeness (QED) is 0.190. The second-order valence-electron chi connectivity index (χ2n) is 9.88. The molecule has 4 atom stereocenters. The Kier molecular flexibility index (Phi) is 7.27. The molecule has 0 spiro atoms. The van der Waals surface area contributed by atoms with Crippen LogP contribution in [0, 0.1) is 17.5 Å². The van der Waals surface area contributed by atoms with Crippen molar-refractivity contribution in [1.82, 2.24) is 29.4 Å². The highest BCUT2D eigenvalue weighted by molar-refractivity contribution is 5.83. The van der Waals surface area contributed by atoms with Gasteiger partial charge < -0.3 is 25.7 Å². The molecule has 4 aromatic rings. The topological polar surface area (TPSA) is 138 Å². The van der Waals surface area contributed by atoms with Crippen molar-refractivity contribution in [1.29, 1.82) is 0 Å². The largest absolute Gasteiger partial charge is 0.397 e. The first-order valence-electron chi connectivity index (χ1n) is 12.5. The molecular weight excluding hydrogens is 503 g/mol. The molecule has 13 heteroatoms. The van der Waals surface area contributed by atoms with E-state index in [-0.39, 0.29) is 17.1 Å². The van der Waals surface area contributed by atoms with Gasteiger partial charge in [0.15, 0.2) is 29.3 Å². The van der Waals surface area contributed by atoms with Crippen molar-refractivity contribution in [3.63, 3.8) is 0 Å². The number of hydrogen-bond acceptors (Lipinski definition) is 8. The highest BCUT2D eigenvalue weighted by Gasteiger charge is 2.45. The summed E-state index contributed by atoms with van der Waals surface area (Å²) >= 11 is 0. The van der Waals surface area contributed by atoms with Crippen molar-refractivity contribution in [2.24, 2.45) is 0 Å². The summed E-state index contributed by atoms with van der Waals surface area (Å²) in [5.41, 5.74) is 7.27. The standard InChI is InChI=1S/C25H30F3N7O3/c1-12(2)34(8-4-3-5-17-32-15-9-13(26)18(27)19(28)21(15)33-17)10-16-22(36)23(37)25(38-16)35-11-31-20-14(29)6-7-30-24(20)35/h6-7,9,11-12,16,22-23,25,36-37H,3-5,8,10H2,1-2H3,(H2,29,30)(H,32,33)/t16-,22-,23-,25-/m1/s1. The number of nitrogen functional groups attached to an aromatic ring is 1. The first kappa shape index (κ1) is 26.4. The third kappa shape index (κ3) is 4.82. The van der Waals surface area contributed by atoms with Gasteiger partial charge in [-0.15, -0.1) is 0 Å². The maximum Gasteiger partial charge on any atom is 0.196 e. The van der Waals surface area contributed by atoms with Gasteiger partial charge in [-0.2, -0.15) is 0 Å². The van der Waals surface area contributed by atoms with E-state index in [0.717, 1.165) is 12.5 Å². The van der Waals surface area contributed by atoms with Crippen LogP contribution in [0.2, 0.25) is 0 Å². The summed E-state index contributed by atoms with van der Waals surface area (Å²) in [4.78, 5) is 17.6. The minimum absolute atomic E-state index is 0.115. The number of unbranched alkanes of at least 4 members (excludes halogenated alkanes) is 1. The number of nitrogens with two attached hydrogens (primary N) is 1.